The lowest BCUT2D eigenvalue weighted by Gasteiger charge is -2.34. The minimum absolute atomic E-state index is 0.0117. The monoisotopic (exact) mass is 428 g/mol. The van der Waals surface area contributed by atoms with Crippen LogP contribution in [0.2, 0.25) is 5.15 Å². The number of benzene rings is 1. The molecule has 1 aliphatic heterocycles. The Morgan fingerprint density at radius 1 is 1.07 bits per heavy atom. The number of aromatic nitrogens is 2. The first-order valence-corrected chi connectivity index (χ1v) is 10.7. The third-order valence-corrected chi connectivity index (χ3v) is 5.62. The molecule has 1 aliphatic rings. The number of hydrogen-bond donors (Lipinski definition) is 0. The normalized spacial score (nSPS) is 14.7. The van der Waals surface area contributed by atoms with Gasteiger partial charge in [0.1, 0.15) is 5.15 Å². The van der Waals surface area contributed by atoms with Crippen molar-refractivity contribution in [3.63, 3.8) is 0 Å². The molecule has 0 unspecified atom stereocenters. The number of piperazine rings is 1. The van der Waals surface area contributed by atoms with Gasteiger partial charge in [-0.05, 0) is 38.0 Å². The van der Waals surface area contributed by atoms with Crippen LogP contribution in [0.5, 0.6) is 0 Å². The van der Waals surface area contributed by atoms with Crippen molar-refractivity contribution in [2.75, 3.05) is 26.2 Å². The summed E-state index contributed by atoms with van der Waals surface area (Å²) in [4.78, 5) is 28.8. The van der Waals surface area contributed by atoms with Crippen LogP contribution in [0.3, 0.4) is 0 Å². The minimum Gasteiger partial charge on any atom is -0.336 e. The van der Waals surface area contributed by atoms with E-state index in [0.717, 1.165) is 23.4 Å². The van der Waals surface area contributed by atoms with Gasteiger partial charge in [0, 0.05) is 49.9 Å². The summed E-state index contributed by atoms with van der Waals surface area (Å²) < 4.78 is 1.78. The average molecular weight is 429 g/mol. The molecule has 0 saturated carbocycles. The first kappa shape index (κ1) is 22.1. The molecular weight excluding hydrogens is 400 g/mol. The zero-order chi connectivity index (χ0) is 21.8. The molecule has 2 amide bonds. The number of aryl methyl sites for hydroxylation is 2. The predicted octanol–water partition coefficient (Wildman–Crippen LogP) is 3.81. The van der Waals surface area contributed by atoms with Crippen molar-refractivity contribution in [2.24, 2.45) is 5.92 Å². The zero-order valence-corrected chi connectivity index (χ0v) is 18.8. The molecule has 160 valence electrons. The molecule has 1 saturated heterocycles. The standard InChI is InChI=1S/C23H29ClN4O2/c1-16(2)15-28-22(24)20(18(4)25-28)9-10-21(29)26-11-13-27(14-12-26)23(30)19-7-5-17(3)6-8-19/h5-10,16H,11-15H2,1-4H3/b10-9+. The third kappa shape index (κ3) is 5.11. The topological polar surface area (TPSA) is 58.4 Å². The summed E-state index contributed by atoms with van der Waals surface area (Å²) in [5.74, 6) is 0.362. The number of nitrogens with zero attached hydrogens (tertiary/aromatic N) is 4. The van der Waals surface area contributed by atoms with Gasteiger partial charge in [-0.1, -0.05) is 43.1 Å². The fourth-order valence-corrected chi connectivity index (χ4v) is 3.80. The summed E-state index contributed by atoms with van der Waals surface area (Å²) in [5.41, 5.74) is 3.39. The van der Waals surface area contributed by atoms with Gasteiger partial charge >= 0.3 is 0 Å². The zero-order valence-electron chi connectivity index (χ0n) is 18.1. The van der Waals surface area contributed by atoms with Crippen LogP contribution in [-0.4, -0.2) is 57.6 Å². The first-order valence-electron chi connectivity index (χ1n) is 10.3. The second-order valence-electron chi connectivity index (χ2n) is 8.18. The lowest BCUT2D eigenvalue weighted by Crippen LogP contribution is -2.50. The largest absolute Gasteiger partial charge is 0.336 e. The van der Waals surface area contributed by atoms with Crippen LogP contribution < -0.4 is 0 Å². The number of carbonyl (C=O) groups excluding carboxylic acids is 2. The molecule has 0 aliphatic carbocycles. The van der Waals surface area contributed by atoms with E-state index in [1.807, 2.05) is 38.1 Å². The molecule has 0 N–H and O–H groups in total. The number of amides is 2. The van der Waals surface area contributed by atoms with Gasteiger partial charge in [-0.3, -0.25) is 14.3 Å². The Labute approximate surface area is 183 Å². The molecule has 3 rings (SSSR count). The molecule has 1 fully saturated rings. The molecule has 0 atom stereocenters. The van der Waals surface area contributed by atoms with Crippen molar-refractivity contribution in [3.8, 4) is 0 Å². The Bertz CT molecular complexity index is 939. The number of carbonyl (C=O) groups is 2. The van der Waals surface area contributed by atoms with Crippen LogP contribution in [0.1, 0.15) is 41.0 Å². The maximum atomic E-state index is 12.6. The van der Waals surface area contributed by atoms with Gasteiger partial charge < -0.3 is 9.80 Å². The molecule has 0 spiro atoms. The highest BCUT2D eigenvalue weighted by molar-refractivity contribution is 6.31. The van der Waals surface area contributed by atoms with Crippen molar-refractivity contribution in [1.82, 2.24) is 19.6 Å². The van der Waals surface area contributed by atoms with Crippen LogP contribution in [0.15, 0.2) is 30.3 Å². The van der Waals surface area contributed by atoms with Crippen LogP contribution in [-0.2, 0) is 11.3 Å². The second kappa shape index (κ2) is 9.47. The first-order chi connectivity index (χ1) is 14.3. The van der Waals surface area contributed by atoms with Crippen LogP contribution in [0, 0.1) is 19.8 Å². The second-order valence-corrected chi connectivity index (χ2v) is 8.54. The summed E-state index contributed by atoms with van der Waals surface area (Å²) in [6.07, 6.45) is 3.29. The summed E-state index contributed by atoms with van der Waals surface area (Å²) in [6, 6.07) is 7.58. The van der Waals surface area contributed by atoms with E-state index in [1.54, 1.807) is 26.6 Å². The molecular formula is C23H29ClN4O2. The molecule has 0 radical (unpaired) electrons. The molecule has 30 heavy (non-hydrogen) atoms. The fourth-order valence-electron chi connectivity index (χ4n) is 3.49. The van der Waals surface area contributed by atoms with E-state index in [9.17, 15) is 9.59 Å². The van der Waals surface area contributed by atoms with Crippen molar-refractivity contribution >= 4 is 29.5 Å². The van der Waals surface area contributed by atoms with Gasteiger partial charge in [-0.25, -0.2) is 0 Å². The van der Waals surface area contributed by atoms with E-state index in [4.69, 9.17) is 11.6 Å². The number of rotatable bonds is 5. The van der Waals surface area contributed by atoms with Crippen molar-refractivity contribution in [1.29, 1.82) is 0 Å². The Kier molecular flexibility index (Phi) is 6.98. The van der Waals surface area contributed by atoms with Gasteiger partial charge in [-0.2, -0.15) is 5.10 Å². The van der Waals surface area contributed by atoms with Crippen LogP contribution >= 0.6 is 11.6 Å². The van der Waals surface area contributed by atoms with Gasteiger partial charge in [0.25, 0.3) is 5.91 Å². The van der Waals surface area contributed by atoms with E-state index in [1.165, 1.54) is 0 Å². The number of hydrogen-bond acceptors (Lipinski definition) is 3. The lowest BCUT2D eigenvalue weighted by atomic mass is 10.1. The van der Waals surface area contributed by atoms with Crippen molar-refractivity contribution < 1.29 is 9.59 Å². The maximum absolute atomic E-state index is 12.6. The average Bonchev–Trinajstić information content (AvgIpc) is 2.98. The smallest absolute Gasteiger partial charge is 0.253 e. The molecule has 0 bridgehead atoms. The Morgan fingerprint density at radius 3 is 2.27 bits per heavy atom. The Hall–Kier alpha value is -2.60. The molecule has 1 aromatic carbocycles. The van der Waals surface area contributed by atoms with E-state index in [-0.39, 0.29) is 11.8 Å². The van der Waals surface area contributed by atoms with E-state index >= 15 is 0 Å². The van der Waals surface area contributed by atoms with E-state index < -0.39 is 0 Å². The van der Waals surface area contributed by atoms with Crippen LogP contribution in [0.4, 0.5) is 0 Å². The van der Waals surface area contributed by atoms with Gasteiger partial charge in [0.15, 0.2) is 0 Å². The highest BCUT2D eigenvalue weighted by atomic mass is 35.5. The minimum atomic E-state index is -0.0792. The highest BCUT2D eigenvalue weighted by Crippen LogP contribution is 2.22. The molecule has 2 heterocycles. The van der Waals surface area contributed by atoms with Gasteiger partial charge in [-0.15, -0.1) is 0 Å². The van der Waals surface area contributed by atoms with E-state index in [0.29, 0.717) is 42.8 Å². The van der Waals surface area contributed by atoms with Crippen LogP contribution in [0.25, 0.3) is 6.08 Å². The lowest BCUT2D eigenvalue weighted by molar-refractivity contribution is -0.127. The van der Waals surface area contributed by atoms with Crippen molar-refractivity contribution in [2.45, 2.75) is 34.2 Å². The molecule has 1 aromatic heterocycles. The van der Waals surface area contributed by atoms with Gasteiger partial charge in [0.2, 0.25) is 5.91 Å². The maximum Gasteiger partial charge on any atom is 0.253 e. The Morgan fingerprint density at radius 2 is 1.67 bits per heavy atom. The predicted molar refractivity (Wildman–Crippen MR) is 120 cm³/mol. The summed E-state index contributed by atoms with van der Waals surface area (Å²) in [6.45, 7) is 10.9. The molecule has 7 heteroatoms. The summed E-state index contributed by atoms with van der Waals surface area (Å²) >= 11 is 6.45. The molecule has 6 nitrogen and oxygen atoms in total. The summed E-state index contributed by atoms with van der Waals surface area (Å²) in [5, 5.41) is 5.02. The fraction of sp³-hybridized carbons (Fsp3) is 0.435. The summed E-state index contributed by atoms with van der Waals surface area (Å²) in [7, 11) is 0. The SMILES string of the molecule is Cc1ccc(C(=O)N2CCN(C(=O)/C=C/c3c(C)nn(CC(C)C)c3Cl)CC2)cc1. The Balaban J connectivity index is 1.58. The molecule has 2 aromatic rings. The number of halogens is 1. The van der Waals surface area contributed by atoms with Crippen molar-refractivity contribution in [3.05, 3.63) is 57.9 Å². The van der Waals surface area contributed by atoms with E-state index in [2.05, 4.69) is 18.9 Å². The third-order valence-electron chi connectivity index (χ3n) is 5.22. The highest BCUT2D eigenvalue weighted by Gasteiger charge is 2.24. The quantitative estimate of drug-likeness (QED) is 0.680. The van der Waals surface area contributed by atoms with Gasteiger partial charge in [0.05, 0.1) is 5.69 Å².